The molecule has 1 atom stereocenters. The summed E-state index contributed by atoms with van der Waals surface area (Å²) in [6, 6.07) is 0. The maximum Gasteiger partial charge on any atom is 0.315 e. The Labute approximate surface area is 96.2 Å². The third-order valence-corrected chi connectivity index (χ3v) is 1.98. The van der Waals surface area contributed by atoms with Crippen LogP contribution in [-0.2, 0) is 14.3 Å². The van der Waals surface area contributed by atoms with Crippen LogP contribution in [0.4, 0.5) is 0 Å². The van der Waals surface area contributed by atoms with Gasteiger partial charge in [-0.05, 0) is 19.3 Å². The molecule has 1 amide bonds. The number of rotatable bonds is 8. The molecule has 5 heteroatoms. The van der Waals surface area contributed by atoms with Crippen LogP contribution in [-0.4, -0.2) is 36.7 Å². The number of hydrogen-bond donors (Lipinski definition) is 2. The third kappa shape index (κ3) is 7.23. The summed E-state index contributed by atoms with van der Waals surface area (Å²) in [7, 11) is 0. The topological polar surface area (TPSA) is 75.6 Å². The maximum atomic E-state index is 11.2. The molecule has 0 aromatic heterocycles. The molecule has 0 aliphatic rings. The summed E-state index contributed by atoms with van der Waals surface area (Å²) in [5.41, 5.74) is 0. The summed E-state index contributed by atoms with van der Waals surface area (Å²) in [5.74, 6) is -2.04. The van der Waals surface area contributed by atoms with E-state index in [0.29, 0.717) is 32.1 Å². The molecule has 0 aromatic rings. The molecule has 0 bridgehead atoms. The smallest absolute Gasteiger partial charge is 0.315 e. The lowest BCUT2D eigenvalue weighted by atomic mass is 10.2. The van der Waals surface area contributed by atoms with Crippen molar-refractivity contribution in [2.24, 2.45) is 11.8 Å². The van der Waals surface area contributed by atoms with Gasteiger partial charge in [0.2, 0.25) is 5.91 Å². The van der Waals surface area contributed by atoms with Crippen molar-refractivity contribution in [1.29, 1.82) is 0 Å². The minimum atomic E-state index is -1.10. The van der Waals surface area contributed by atoms with Crippen molar-refractivity contribution in [2.75, 3.05) is 19.8 Å². The van der Waals surface area contributed by atoms with Crippen molar-refractivity contribution >= 4 is 11.9 Å². The average molecular weight is 231 g/mol. The van der Waals surface area contributed by atoms with E-state index in [1.807, 2.05) is 0 Å². The quantitative estimate of drug-likeness (QED) is 0.480. The van der Waals surface area contributed by atoms with E-state index in [0.717, 1.165) is 0 Å². The highest BCUT2D eigenvalue weighted by molar-refractivity contribution is 5.96. The van der Waals surface area contributed by atoms with Gasteiger partial charge >= 0.3 is 5.97 Å². The summed E-state index contributed by atoms with van der Waals surface area (Å²) in [4.78, 5) is 21.7. The van der Waals surface area contributed by atoms with Crippen LogP contribution < -0.4 is 5.32 Å². The van der Waals surface area contributed by atoms with Crippen LogP contribution in [0.25, 0.3) is 0 Å². The average Bonchev–Trinajstić information content (AvgIpc) is 2.21. The second-order valence-electron chi connectivity index (χ2n) is 4.17. The first-order chi connectivity index (χ1) is 7.45. The zero-order chi connectivity index (χ0) is 12.6. The first-order valence-corrected chi connectivity index (χ1v) is 5.53. The van der Waals surface area contributed by atoms with Crippen molar-refractivity contribution < 1.29 is 19.4 Å². The molecular weight excluding hydrogens is 210 g/mol. The van der Waals surface area contributed by atoms with Crippen LogP contribution in [0, 0.1) is 11.8 Å². The van der Waals surface area contributed by atoms with Crippen LogP contribution in [0.1, 0.15) is 27.2 Å². The van der Waals surface area contributed by atoms with Gasteiger partial charge in [0.15, 0.2) is 0 Å². The van der Waals surface area contributed by atoms with E-state index in [1.165, 1.54) is 6.92 Å². The fourth-order valence-corrected chi connectivity index (χ4v) is 0.970. The van der Waals surface area contributed by atoms with E-state index in [-0.39, 0.29) is 0 Å². The van der Waals surface area contributed by atoms with Crippen LogP contribution in [0.15, 0.2) is 0 Å². The zero-order valence-corrected chi connectivity index (χ0v) is 10.2. The normalized spacial score (nSPS) is 12.5. The highest BCUT2D eigenvalue weighted by atomic mass is 16.5. The molecule has 0 saturated carbocycles. The Morgan fingerprint density at radius 1 is 1.31 bits per heavy atom. The number of aliphatic carboxylic acids is 1. The number of nitrogens with one attached hydrogen (secondary N) is 1. The number of carbonyl (C=O) groups excluding carboxylic acids is 1. The molecule has 0 spiro atoms. The maximum absolute atomic E-state index is 11.2. The fourth-order valence-electron chi connectivity index (χ4n) is 0.970. The lowest BCUT2D eigenvalue weighted by Gasteiger charge is -2.09. The third-order valence-electron chi connectivity index (χ3n) is 1.98. The van der Waals surface area contributed by atoms with Crippen molar-refractivity contribution in [2.45, 2.75) is 27.2 Å². The highest BCUT2D eigenvalue weighted by Gasteiger charge is 2.19. The minimum absolute atomic E-state index is 0.448. The highest BCUT2D eigenvalue weighted by Crippen LogP contribution is 1.95. The number of hydrogen-bond acceptors (Lipinski definition) is 3. The van der Waals surface area contributed by atoms with E-state index >= 15 is 0 Å². The Kier molecular flexibility index (Phi) is 7.54. The predicted octanol–water partition coefficient (Wildman–Crippen LogP) is 0.886. The van der Waals surface area contributed by atoms with Gasteiger partial charge in [0.25, 0.3) is 0 Å². The molecule has 0 saturated heterocycles. The van der Waals surface area contributed by atoms with Gasteiger partial charge in [0.05, 0.1) is 0 Å². The van der Waals surface area contributed by atoms with Gasteiger partial charge < -0.3 is 15.2 Å². The number of amides is 1. The number of carbonyl (C=O) groups is 2. The molecule has 0 fully saturated rings. The standard InChI is InChI=1S/C11H21NO4/c1-8(2)7-16-6-4-5-12-10(13)9(3)11(14)15/h8-9H,4-7H2,1-3H3,(H,12,13)(H,14,15). The predicted molar refractivity (Wildman–Crippen MR) is 60.1 cm³/mol. The Hall–Kier alpha value is -1.10. The first kappa shape index (κ1) is 14.9. The summed E-state index contributed by atoms with van der Waals surface area (Å²) in [5, 5.41) is 11.1. The fraction of sp³-hybridized carbons (Fsp3) is 0.818. The van der Waals surface area contributed by atoms with E-state index in [1.54, 1.807) is 0 Å². The Balaban J connectivity index is 3.45. The Bertz CT molecular complexity index is 228. The van der Waals surface area contributed by atoms with Crippen molar-refractivity contribution in [3.05, 3.63) is 0 Å². The van der Waals surface area contributed by atoms with Crippen molar-refractivity contribution in [1.82, 2.24) is 5.32 Å². The summed E-state index contributed by atoms with van der Waals surface area (Å²) in [6.45, 7) is 7.24. The van der Waals surface area contributed by atoms with Crippen molar-refractivity contribution in [3.8, 4) is 0 Å². The molecule has 0 aromatic carbocycles. The number of carboxylic acids is 1. The molecule has 0 rings (SSSR count). The van der Waals surface area contributed by atoms with E-state index in [4.69, 9.17) is 9.84 Å². The molecule has 0 aliphatic heterocycles. The van der Waals surface area contributed by atoms with Crippen LogP contribution in [0.5, 0.6) is 0 Å². The molecule has 16 heavy (non-hydrogen) atoms. The molecule has 1 unspecified atom stereocenters. The van der Waals surface area contributed by atoms with E-state index in [9.17, 15) is 9.59 Å². The number of carboxylic acid groups (broad SMARTS) is 1. The zero-order valence-electron chi connectivity index (χ0n) is 10.2. The molecule has 5 nitrogen and oxygen atoms in total. The number of ether oxygens (including phenoxy) is 1. The van der Waals surface area contributed by atoms with Gasteiger partial charge in [0, 0.05) is 19.8 Å². The lowest BCUT2D eigenvalue weighted by molar-refractivity contribution is -0.146. The molecule has 94 valence electrons. The van der Waals surface area contributed by atoms with Gasteiger partial charge in [-0.3, -0.25) is 9.59 Å². The van der Waals surface area contributed by atoms with Gasteiger partial charge in [-0.1, -0.05) is 13.8 Å². The second kappa shape index (κ2) is 8.10. The van der Waals surface area contributed by atoms with Crippen LogP contribution in [0.2, 0.25) is 0 Å². The second-order valence-corrected chi connectivity index (χ2v) is 4.17. The molecule has 0 aliphatic carbocycles. The monoisotopic (exact) mass is 231 g/mol. The Morgan fingerprint density at radius 3 is 2.44 bits per heavy atom. The van der Waals surface area contributed by atoms with E-state index in [2.05, 4.69) is 19.2 Å². The lowest BCUT2D eigenvalue weighted by Crippen LogP contribution is -2.34. The summed E-state index contributed by atoms with van der Waals surface area (Å²) >= 11 is 0. The van der Waals surface area contributed by atoms with Gasteiger partial charge in [-0.15, -0.1) is 0 Å². The Morgan fingerprint density at radius 2 is 1.94 bits per heavy atom. The summed E-state index contributed by atoms with van der Waals surface area (Å²) < 4.78 is 5.32. The van der Waals surface area contributed by atoms with Gasteiger partial charge in [-0.2, -0.15) is 0 Å². The van der Waals surface area contributed by atoms with Crippen LogP contribution in [0.3, 0.4) is 0 Å². The minimum Gasteiger partial charge on any atom is -0.481 e. The van der Waals surface area contributed by atoms with Crippen molar-refractivity contribution in [3.63, 3.8) is 0 Å². The molecule has 2 N–H and O–H groups in total. The van der Waals surface area contributed by atoms with E-state index < -0.39 is 17.8 Å². The SMILES string of the molecule is CC(C)COCCCNC(=O)C(C)C(=O)O. The molecule has 0 radical (unpaired) electrons. The van der Waals surface area contributed by atoms with Crippen LogP contribution >= 0.6 is 0 Å². The largest absolute Gasteiger partial charge is 0.481 e. The molecule has 0 heterocycles. The van der Waals surface area contributed by atoms with Gasteiger partial charge in [-0.25, -0.2) is 0 Å². The summed E-state index contributed by atoms with van der Waals surface area (Å²) in [6.07, 6.45) is 0.699. The molecular formula is C11H21NO4. The first-order valence-electron chi connectivity index (χ1n) is 5.53. The van der Waals surface area contributed by atoms with Gasteiger partial charge in [0.1, 0.15) is 5.92 Å².